The van der Waals surface area contributed by atoms with Gasteiger partial charge in [0, 0.05) is 37.1 Å². The molecule has 84 valence electrons. The first-order valence-corrected chi connectivity index (χ1v) is 4.63. The number of rotatable bonds is 2. The summed E-state index contributed by atoms with van der Waals surface area (Å²) in [4.78, 5) is 0. The molecule has 14 heavy (non-hydrogen) atoms. The van der Waals surface area contributed by atoms with E-state index in [0.29, 0.717) is 0 Å². The standard InChI is InChI=1S/C8H18N2O4/c9-5-6(10)8(14)4(2-12)3(1-11)7(5)13/h3-8,11-14H,1-2,9-10H2/t3-,4+,5+,6-,7+,8-. The third kappa shape index (κ3) is 1.77. The van der Waals surface area contributed by atoms with E-state index in [1.807, 2.05) is 0 Å². The van der Waals surface area contributed by atoms with Crippen molar-refractivity contribution < 1.29 is 20.4 Å². The van der Waals surface area contributed by atoms with E-state index in [2.05, 4.69) is 0 Å². The average molecular weight is 206 g/mol. The highest BCUT2D eigenvalue weighted by Crippen LogP contribution is 2.29. The van der Waals surface area contributed by atoms with Crippen molar-refractivity contribution in [2.24, 2.45) is 23.3 Å². The Labute approximate surface area is 82.1 Å². The van der Waals surface area contributed by atoms with E-state index in [1.165, 1.54) is 0 Å². The molecule has 6 atom stereocenters. The summed E-state index contributed by atoms with van der Waals surface area (Å²) in [5.74, 6) is -1.24. The van der Waals surface area contributed by atoms with Gasteiger partial charge in [-0.05, 0) is 0 Å². The molecule has 1 aliphatic carbocycles. The zero-order chi connectivity index (χ0) is 10.9. The summed E-state index contributed by atoms with van der Waals surface area (Å²) >= 11 is 0. The highest BCUT2D eigenvalue weighted by atomic mass is 16.3. The van der Waals surface area contributed by atoms with Crippen LogP contribution < -0.4 is 11.5 Å². The van der Waals surface area contributed by atoms with Crippen molar-refractivity contribution in [2.45, 2.75) is 24.3 Å². The fourth-order valence-electron chi connectivity index (χ4n) is 2.02. The van der Waals surface area contributed by atoms with Crippen LogP contribution in [0.4, 0.5) is 0 Å². The van der Waals surface area contributed by atoms with Crippen LogP contribution in [0.1, 0.15) is 0 Å². The van der Waals surface area contributed by atoms with Gasteiger partial charge in [-0.25, -0.2) is 0 Å². The molecule has 0 unspecified atom stereocenters. The second-order valence-electron chi connectivity index (χ2n) is 3.83. The van der Waals surface area contributed by atoms with Gasteiger partial charge in [-0.15, -0.1) is 0 Å². The van der Waals surface area contributed by atoms with Crippen molar-refractivity contribution in [2.75, 3.05) is 13.2 Å². The molecule has 0 saturated heterocycles. The minimum Gasteiger partial charge on any atom is -0.396 e. The molecule has 0 aromatic carbocycles. The fourth-order valence-corrected chi connectivity index (χ4v) is 2.02. The van der Waals surface area contributed by atoms with Gasteiger partial charge in [0.05, 0.1) is 12.2 Å². The molecule has 0 bridgehead atoms. The summed E-state index contributed by atoms with van der Waals surface area (Å²) in [6.45, 7) is -0.659. The number of hydrogen-bond donors (Lipinski definition) is 6. The van der Waals surface area contributed by atoms with E-state index in [4.69, 9.17) is 21.7 Å². The van der Waals surface area contributed by atoms with Crippen molar-refractivity contribution in [3.05, 3.63) is 0 Å². The Kier molecular flexibility index (Phi) is 3.82. The predicted molar refractivity (Wildman–Crippen MR) is 49.1 cm³/mol. The molecule has 0 spiro atoms. The highest BCUT2D eigenvalue weighted by molar-refractivity contribution is 5.01. The van der Waals surface area contributed by atoms with Crippen LogP contribution in [0.3, 0.4) is 0 Å². The largest absolute Gasteiger partial charge is 0.396 e. The maximum absolute atomic E-state index is 9.64. The molecule has 0 aliphatic heterocycles. The van der Waals surface area contributed by atoms with Gasteiger partial charge in [0.25, 0.3) is 0 Å². The molecule has 0 aromatic rings. The molecule has 1 aliphatic rings. The Hall–Kier alpha value is -0.240. The normalized spacial score (nSPS) is 49.3. The topological polar surface area (TPSA) is 133 Å². The van der Waals surface area contributed by atoms with Crippen molar-refractivity contribution >= 4 is 0 Å². The van der Waals surface area contributed by atoms with Gasteiger partial charge in [0.15, 0.2) is 0 Å². The molecule has 0 aromatic heterocycles. The number of hydrogen-bond acceptors (Lipinski definition) is 6. The zero-order valence-corrected chi connectivity index (χ0v) is 7.82. The lowest BCUT2D eigenvalue weighted by Crippen LogP contribution is -2.66. The van der Waals surface area contributed by atoms with Crippen molar-refractivity contribution in [3.63, 3.8) is 0 Å². The van der Waals surface area contributed by atoms with Gasteiger partial charge in [0.1, 0.15) is 0 Å². The third-order valence-electron chi connectivity index (χ3n) is 3.08. The van der Waals surface area contributed by atoms with Crippen LogP contribution in [0.5, 0.6) is 0 Å². The fraction of sp³-hybridized carbons (Fsp3) is 1.00. The molecule has 0 amide bonds. The second kappa shape index (κ2) is 4.52. The summed E-state index contributed by atoms with van der Waals surface area (Å²) < 4.78 is 0. The molecule has 1 saturated carbocycles. The maximum atomic E-state index is 9.64. The SMILES string of the molecule is N[C@@H]1[C@H](N)[C@@H](O)[C@H](CO)[C@H](CO)[C@H]1O. The van der Waals surface area contributed by atoms with Gasteiger partial charge >= 0.3 is 0 Å². The van der Waals surface area contributed by atoms with Crippen LogP contribution in [0.25, 0.3) is 0 Å². The van der Waals surface area contributed by atoms with Gasteiger partial charge in [-0.3, -0.25) is 0 Å². The van der Waals surface area contributed by atoms with Crippen LogP contribution in [0, 0.1) is 11.8 Å². The first-order chi connectivity index (χ1) is 6.54. The summed E-state index contributed by atoms with van der Waals surface area (Å²) in [7, 11) is 0. The lowest BCUT2D eigenvalue weighted by atomic mass is 9.71. The summed E-state index contributed by atoms with van der Waals surface area (Å²) in [5, 5.41) is 37.3. The lowest BCUT2D eigenvalue weighted by Gasteiger charge is -2.44. The average Bonchev–Trinajstić information content (AvgIpc) is 2.20. The Morgan fingerprint density at radius 2 is 1.07 bits per heavy atom. The molecular weight excluding hydrogens is 188 g/mol. The number of aliphatic hydroxyl groups is 4. The van der Waals surface area contributed by atoms with Crippen LogP contribution in [-0.4, -0.2) is 57.9 Å². The monoisotopic (exact) mass is 206 g/mol. The molecule has 0 radical (unpaired) electrons. The van der Waals surface area contributed by atoms with Crippen LogP contribution in [0.15, 0.2) is 0 Å². The van der Waals surface area contributed by atoms with Crippen molar-refractivity contribution in [1.29, 1.82) is 0 Å². The van der Waals surface area contributed by atoms with Crippen molar-refractivity contribution in [1.82, 2.24) is 0 Å². The first-order valence-electron chi connectivity index (χ1n) is 4.63. The molecule has 1 rings (SSSR count). The number of nitrogens with two attached hydrogens (primary N) is 2. The van der Waals surface area contributed by atoms with E-state index in [-0.39, 0.29) is 13.2 Å². The maximum Gasteiger partial charge on any atom is 0.0761 e. The Morgan fingerprint density at radius 1 is 0.786 bits per heavy atom. The highest BCUT2D eigenvalue weighted by Gasteiger charge is 2.46. The smallest absolute Gasteiger partial charge is 0.0761 e. The van der Waals surface area contributed by atoms with Crippen LogP contribution >= 0.6 is 0 Å². The molecule has 1 fully saturated rings. The summed E-state index contributed by atoms with van der Waals surface area (Å²) in [5.41, 5.74) is 11.1. The molecule has 0 heterocycles. The van der Waals surface area contributed by atoms with Crippen molar-refractivity contribution in [3.8, 4) is 0 Å². The Balaban J connectivity index is 2.84. The quantitative estimate of drug-likeness (QED) is 0.279. The zero-order valence-electron chi connectivity index (χ0n) is 7.82. The summed E-state index contributed by atoms with van der Waals surface area (Å²) in [6.07, 6.45) is -1.98. The minimum absolute atomic E-state index is 0.329. The third-order valence-corrected chi connectivity index (χ3v) is 3.08. The molecule has 6 heteroatoms. The minimum atomic E-state index is -0.990. The van der Waals surface area contributed by atoms with Gasteiger partial charge in [-0.2, -0.15) is 0 Å². The van der Waals surface area contributed by atoms with E-state index in [9.17, 15) is 10.2 Å². The number of aliphatic hydroxyl groups excluding tert-OH is 4. The Morgan fingerprint density at radius 3 is 1.29 bits per heavy atom. The van der Waals surface area contributed by atoms with Gasteiger partial charge in [0.2, 0.25) is 0 Å². The molecule has 8 N–H and O–H groups in total. The molecular formula is C8H18N2O4. The second-order valence-corrected chi connectivity index (χ2v) is 3.83. The lowest BCUT2D eigenvalue weighted by molar-refractivity contribution is -0.0978. The van der Waals surface area contributed by atoms with Crippen LogP contribution in [0.2, 0.25) is 0 Å². The van der Waals surface area contributed by atoms with Gasteiger partial charge in [-0.1, -0.05) is 0 Å². The Bertz CT molecular complexity index is 172. The predicted octanol–water partition coefficient (Wildman–Crippen LogP) is -3.41. The van der Waals surface area contributed by atoms with E-state index in [0.717, 1.165) is 0 Å². The van der Waals surface area contributed by atoms with E-state index < -0.39 is 36.1 Å². The van der Waals surface area contributed by atoms with Crippen LogP contribution in [-0.2, 0) is 0 Å². The first kappa shape index (κ1) is 11.8. The van der Waals surface area contributed by atoms with E-state index in [1.54, 1.807) is 0 Å². The summed E-state index contributed by atoms with van der Waals surface area (Å²) in [6, 6.07) is -1.55. The van der Waals surface area contributed by atoms with E-state index >= 15 is 0 Å². The van der Waals surface area contributed by atoms with Gasteiger partial charge < -0.3 is 31.9 Å². The molecule has 6 nitrogen and oxygen atoms in total.